The molecular formula is C21H30ClN3O2. The fourth-order valence-electron chi connectivity index (χ4n) is 4.56. The number of piperidine rings is 1. The molecule has 1 atom stereocenters. The van der Waals surface area contributed by atoms with Gasteiger partial charge in [0.15, 0.2) is 0 Å². The van der Waals surface area contributed by atoms with Crippen LogP contribution in [0, 0.1) is 5.92 Å². The standard InChI is InChI=1S/C21H30ClN3O2/c22-18-8-6-17(7-9-18)21(10-1-2-11-21)20(27)24-12-4-14-25-13-3-5-16(15-25)19(23)26/h6-9,16H,1-5,10-15H2,(H2,23,26)(H,24,27)/t16-/m1/s1. The summed E-state index contributed by atoms with van der Waals surface area (Å²) in [6.45, 7) is 3.30. The molecule has 1 saturated heterocycles. The number of nitrogens with two attached hydrogens (primary N) is 1. The van der Waals surface area contributed by atoms with Gasteiger partial charge in [0.25, 0.3) is 0 Å². The number of hydrogen-bond acceptors (Lipinski definition) is 3. The minimum atomic E-state index is -0.410. The number of benzene rings is 1. The van der Waals surface area contributed by atoms with Crippen LogP contribution < -0.4 is 11.1 Å². The molecular weight excluding hydrogens is 362 g/mol. The number of primary amides is 1. The van der Waals surface area contributed by atoms with Crippen molar-refractivity contribution >= 4 is 23.4 Å². The first kappa shape index (κ1) is 20.2. The van der Waals surface area contributed by atoms with Crippen LogP contribution in [0.4, 0.5) is 0 Å². The molecule has 1 aliphatic carbocycles. The summed E-state index contributed by atoms with van der Waals surface area (Å²) < 4.78 is 0. The van der Waals surface area contributed by atoms with Gasteiger partial charge in [-0.05, 0) is 62.9 Å². The maximum Gasteiger partial charge on any atom is 0.230 e. The second-order valence-corrected chi connectivity index (χ2v) is 8.38. The molecule has 1 aromatic carbocycles. The molecule has 27 heavy (non-hydrogen) atoms. The van der Waals surface area contributed by atoms with Crippen LogP contribution in [0.3, 0.4) is 0 Å². The topological polar surface area (TPSA) is 75.4 Å². The SMILES string of the molecule is NC(=O)[C@@H]1CCCN(CCCNC(=O)C2(c3ccc(Cl)cc3)CCCC2)C1. The lowest BCUT2D eigenvalue weighted by atomic mass is 9.78. The second-order valence-electron chi connectivity index (χ2n) is 7.95. The predicted octanol–water partition coefficient (Wildman–Crippen LogP) is 2.86. The summed E-state index contributed by atoms with van der Waals surface area (Å²) in [6.07, 6.45) is 6.75. The van der Waals surface area contributed by atoms with E-state index in [1.807, 2.05) is 24.3 Å². The van der Waals surface area contributed by atoms with Gasteiger partial charge in [-0.3, -0.25) is 9.59 Å². The van der Waals surface area contributed by atoms with Gasteiger partial charge < -0.3 is 16.0 Å². The lowest BCUT2D eigenvalue weighted by Gasteiger charge is -2.31. The highest BCUT2D eigenvalue weighted by Gasteiger charge is 2.42. The summed E-state index contributed by atoms with van der Waals surface area (Å²) in [6, 6.07) is 7.72. The zero-order valence-corrected chi connectivity index (χ0v) is 16.6. The van der Waals surface area contributed by atoms with Gasteiger partial charge in [0.2, 0.25) is 11.8 Å². The Balaban J connectivity index is 1.50. The Morgan fingerprint density at radius 3 is 2.56 bits per heavy atom. The van der Waals surface area contributed by atoms with E-state index in [1.54, 1.807) is 0 Å². The molecule has 0 bridgehead atoms. The predicted molar refractivity (Wildman–Crippen MR) is 108 cm³/mol. The molecule has 148 valence electrons. The Kier molecular flexibility index (Phi) is 6.77. The number of likely N-dealkylation sites (tertiary alicyclic amines) is 1. The fraction of sp³-hybridized carbons (Fsp3) is 0.619. The smallest absolute Gasteiger partial charge is 0.230 e. The summed E-state index contributed by atoms with van der Waals surface area (Å²) >= 11 is 6.02. The van der Waals surface area contributed by atoms with Gasteiger partial charge in [-0.2, -0.15) is 0 Å². The highest BCUT2D eigenvalue weighted by molar-refractivity contribution is 6.30. The average molecular weight is 392 g/mol. The molecule has 2 fully saturated rings. The number of nitrogens with one attached hydrogen (secondary N) is 1. The lowest BCUT2D eigenvalue weighted by molar-refractivity contribution is -0.126. The molecule has 1 aromatic rings. The molecule has 0 radical (unpaired) electrons. The lowest BCUT2D eigenvalue weighted by Crippen LogP contribution is -2.44. The molecule has 3 rings (SSSR count). The molecule has 2 amide bonds. The van der Waals surface area contributed by atoms with E-state index >= 15 is 0 Å². The van der Waals surface area contributed by atoms with Crippen LogP contribution in [-0.2, 0) is 15.0 Å². The van der Waals surface area contributed by atoms with Crippen molar-refractivity contribution in [1.82, 2.24) is 10.2 Å². The van der Waals surface area contributed by atoms with E-state index < -0.39 is 5.41 Å². The number of nitrogens with zero attached hydrogens (tertiary/aromatic N) is 1. The van der Waals surface area contributed by atoms with Crippen LogP contribution in [0.1, 0.15) is 50.5 Å². The minimum absolute atomic E-state index is 0.0278. The molecule has 0 unspecified atom stereocenters. The van der Waals surface area contributed by atoms with Gasteiger partial charge in [0.05, 0.1) is 11.3 Å². The van der Waals surface area contributed by atoms with E-state index in [4.69, 9.17) is 17.3 Å². The first-order chi connectivity index (χ1) is 13.0. The van der Waals surface area contributed by atoms with Gasteiger partial charge in [0.1, 0.15) is 0 Å². The fourth-order valence-corrected chi connectivity index (χ4v) is 4.68. The number of halogens is 1. The van der Waals surface area contributed by atoms with Crippen molar-refractivity contribution in [3.05, 3.63) is 34.9 Å². The van der Waals surface area contributed by atoms with E-state index in [9.17, 15) is 9.59 Å². The molecule has 2 aliphatic rings. The average Bonchev–Trinajstić information content (AvgIpc) is 3.17. The summed E-state index contributed by atoms with van der Waals surface area (Å²) in [5.41, 5.74) is 6.10. The zero-order valence-electron chi connectivity index (χ0n) is 15.9. The number of carbonyl (C=O) groups is 2. The van der Waals surface area contributed by atoms with Crippen molar-refractivity contribution in [3.8, 4) is 0 Å². The van der Waals surface area contributed by atoms with Crippen LogP contribution >= 0.6 is 11.6 Å². The van der Waals surface area contributed by atoms with E-state index in [0.29, 0.717) is 11.6 Å². The second kappa shape index (κ2) is 9.07. The van der Waals surface area contributed by atoms with Crippen molar-refractivity contribution in [2.24, 2.45) is 11.7 Å². The van der Waals surface area contributed by atoms with E-state index in [0.717, 1.165) is 70.1 Å². The zero-order chi connectivity index (χ0) is 19.3. The molecule has 0 aromatic heterocycles. The maximum atomic E-state index is 13.0. The molecule has 0 spiro atoms. The number of amides is 2. The number of carbonyl (C=O) groups excluding carboxylic acids is 2. The van der Waals surface area contributed by atoms with E-state index in [2.05, 4.69) is 10.2 Å². The highest BCUT2D eigenvalue weighted by atomic mass is 35.5. The Hall–Kier alpha value is -1.59. The van der Waals surface area contributed by atoms with Gasteiger partial charge in [-0.1, -0.05) is 36.6 Å². The quantitative estimate of drug-likeness (QED) is 0.702. The summed E-state index contributed by atoms with van der Waals surface area (Å²) in [7, 11) is 0. The Morgan fingerprint density at radius 2 is 1.89 bits per heavy atom. The van der Waals surface area contributed by atoms with Crippen molar-refractivity contribution in [3.63, 3.8) is 0 Å². The van der Waals surface area contributed by atoms with Crippen LogP contribution in [-0.4, -0.2) is 42.9 Å². The first-order valence-corrected chi connectivity index (χ1v) is 10.4. The Labute approximate surface area is 166 Å². The number of rotatable bonds is 7. The third-order valence-electron chi connectivity index (χ3n) is 6.13. The molecule has 6 heteroatoms. The normalized spacial score (nSPS) is 22.5. The monoisotopic (exact) mass is 391 g/mol. The molecule has 1 heterocycles. The molecule has 3 N–H and O–H groups in total. The maximum absolute atomic E-state index is 13.0. The van der Waals surface area contributed by atoms with Gasteiger partial charge in [-0.25, -0.2) is 0 Å². The van der Waals surface area contributed by atoms with Gasteiger partial charge in [0, 0.05) is 18.1 Å². The molecule has 1 aliphatic heterocycles. The van der Waals surface area contributed by atoms with Crippen molar-refractivity contribution in [1.29, 1.82) is 0 Å². The highest BCUT2D eigenvalue weighted by Crippen LogP contribution is 2.41. The molecule has 1 saturated carbocycles. The van der Waals surface area contributed by atoms with E-state index in [1.165, 1.54) is 0 Å². The third-order valence-corrected chi connectivity index (χ3v) is 6.39. The summed E-state index contributed by atoms with van der Waals surface area (Å²) in [5.74, 6) is -0.0878. The van der Waals surface area contributed by atoms with Crippen molar-refractivity contribution in [2.75, 3.05) is 26.2 Å². The van der Waals surface area contributed by atoms with Crippen LogP contribution in [0.15, 0.2) is 24.3 Å². The Morgan fingerprint density at radius 1 is 1.19 bits per heavy atom. The Bertz CT molecular complexity index is 656. The summed E-state index contributed by atoms with van der Waals surface area (Å²) in [5, 5.41) is 3.86. The third kappa shape index (κ3) is 4.82. The number of hydrogen-bond donors (Lipinski definition) is 2. The molecule has 5 nitrogen and oxygen atoms in total. The van der Waals surface area contributed by atoms with Crippen molar-refractivity contribution in [2.45, 2.75) is 50.4 Å². The largest absolute Gasteiger partial charge is 0.369 e. The van der Waals surface area contributed by atoms with Gasteiger partial charge >= 0.3 is 0 Å². The van der Waals surface area contributed by atoms with E-state index in [-0.39, 0.29) is 17.7 Å². The van der Waals surface area contributed by atoms with Crippen LogP contribution in [0.5, 0.6) is 0 Å². The summed E-state index contributed by atoms with van der Waals surface area (Å²) in [4.78, 5) is 26.7. The minimum Gasteiger partial charge on any atom is -0.369 e. The van der Waals surface area contributed by atoms with Gasteiger partial charge in [-0.15, -0.1) is 0 Å². The van der Waals surface area contributed by atoms with Crippen molar-refractivity contribution < 1.29 is 9.59 Å². The first-order valence-electron chi connectivity index (χ1n) is 10.1. The van der Waals surface area contributed by atoms with Crippen LogP contribution in [0.2, 0.25) is 5.02 Å². The van der Waals surface area contributed by atoms with Crippen LogP contribution in [0.25, 0.3) is 0 Å².